The summed E-state index contributed by atoms with van der Waals surface area (Å²) in [6, 6.07) is 11.3. The van der Waals surface area contributed by atoms with Gasteiger partial charge in [0.25, 0.3) is 0 Å². The molecule has 0 unspecified atom stereocenters. The van der Waals surface area contributed by atoms with E-state index >= 15 is 0 Å². The number of hydrogen-bond acceptors (Lipinski definition) is 5. The van der Waals surface area contributed by atoms with E-state index in [1.54, 1.807) is 24.3 Å². The van der Waals surface area contributed by atoms with E-state index < -0.39 is 0 Å². The number of hydrogen-bond donors (Lipinski definition) is 2. The molecule has 0 fully saturated rings. The lowest BCUT2D eigenvalue weighted by Crippen LogP contribution is -2.30. The average molecular weight is 399 g/mol. The molecule has 2 N–H and O–H groups in total. The van der Waals surface area contributed by atoms with Crippen molar-refractivity contribution in [1.82, 2.24) is 10.3 Å². The minimum absolute atomic E-state index is 0.191. The molecule has 2 amide bonds. The number of halogens is 1. The Morgan fingerprint density at radius 3 is 2.93 bits per heavy atom. The zero-order valence-electron chi connectivity index (χ0n) is 15.1. The van der Waals surface area contributed by atoms with Gasteiger partial charge in [-0.05, 0) is 31.2 Å². The molecule has 4 rings (SSSR count). The normalized spacial score (nSPS) is 12.1. The van der Waals surface area contributed by atoms with Gasteiger partial charge in [0.15, 0.2) is 11.5 Å². The van der Waals surface area contributed by atoms with Gasteiger partial charge in [-0.3, -0.25) is 0 Å². The first-order chi connectivity index (χ1) is 13.6. The average Bonchev–Trinajstić information content (AvgIpc) is 3.28. The Hall–Kier alpha value is -3.13. The molecule has 144 valence electrons. The van der Waals surface area contributed by atoms with Gasteiger partial charge < -0.3 is 20.1 Å². The summed E-state index contributed by atoms with van der Waals surface area (Å²) in [5.41, 5.74) is 2.28. The van der Waals surface area contributed by atoms with Crippen LogP contribution in [0.25, 0.3) is 10.6 Å². The van der Waals surface area contributed by atoms with Gasteiger partial charge in [-0.15, -0.1) is 11.3 Å². The lowest BCUT2D eigenvalue weighted by molar-refractivity contribution is 0.174. The van der Waals surface area contributed by atoms with E-state index in [0.29, 0.717) is 30.2 Å². The second-order valence-corrected chi connectivity index (χ2v) is 7.32. The molecule has 0 atom stereocenters. The highest BCUT2D eigenvalue weighted by Gasteiger charge is 2.14. The molecule has 6 nitrogen and oxygen atoms in total. The van der Waals surface area contributed by atoms with Crippen LogP contribution < -0.4 is 20.1 Å². The Balaban J connectivity index is 1.32. The Kier molecular flexibility index (Phi) is 5.12. The first-order valence-electron chi connectivity index (χ1n) is 8.75. The van der Waals surface area contributed by atoms with Crippen LogP contribution in [-0.4, -0.2) is 24.4 Å². The van der Waals surface area contributed by atoms with Gasteiger partial charge in [0.2, 0.25) is 6.79 Å². The van der Waals surface area contributed by atoms with Gasteiger partial charge in [0.1, 0.15) is 10.8 Å². The Morgan fingerprint density at radius 1 is 1.21 bits per heavy atom. The Morgan fingerprint density at radius 2 is 2.07 bits per heavy atom. The van der Waals surface area contributed by atoms with Crippen molar-refractivity contribution < 1.29 is 18.7 Å². The van der Waals surface area contributed by atoms with Gasteiger partial charge in [-0.2, -0.15) is 0 Å². The minimum atomic E-state index is -0.300. The number of nitrogens with zero attached hydrogens (tertiary/aromatic N) is 1. The maximum Gasteiger partial charge on any atom is 0.319 e. The van der Waals surface area contributed by atoms with E-state index in [-0.39, 0.29) is 18.6 Å². The van der Waals surface area contributed by atoms with Gasteiger partial charge >= 0.3 is 6.03 Å². The molecule has 8 heteroatoms. The molecule has 1 aliphatic rings. The van der Waals surface area contributed by atoms with Crippen LogP contribution in [0.1, 0.15) is 10.6 Å². The lowest BCUT2D eigenvalue weighted by atomic mass is 10.2. The number of nitrogens with one attached hydrogen (secondary N) is 2. The first kappa shape index (κ1) is 18.2. The smallest absolute Gasteiger partial charge is 0.319 e. The monoisotopic (exact) mass is 399 g/mol. The number of fused-ring (bicyclic) bond motifs is 1. The van der Waals surface area contributed by atoms with Crippen molar-refractivity contribution in [3.8, 4) is 22.1 Å². The number of aryl methyl sites for hydroxylation is 1. The molecule has 0 aliphatic carbocycles. The molecule has 0 saturated carbocycles. The van der Waals surface area contributed by atoms with Crippen LogP contribution in [0.3, 0.4) is 0 Å². The van der Waals surface area contributed by atoms with Crippen molar-refractivity contribution in [2.45, 2.75) is 13.3 Å². The number of thiazole rings is 1. The molecular formula is C20H18FN3O3S. The molecule has 28 heavy (non-hydrogen) atoms. The molecule has 0 spiro atoms. The summed E-state index contributed by atoms with van der Waals surface area (Å²) < 4.78 is 24.0. The number of benzene rings is 2. The molecular weight excluding hydrogens is 381 g/mol. The van der Waals surface area contributed by atoms with E-state index in [4.69, 9.17) is 9.47 Å². The van der Waals surface area contributed by atoms with Crippen molar-refractivity contribution >= 4 is 23.1 Å². The topological polar surface area (TPSA) is 72.5 Å². The van der Waals surface area contributed by atoms with Gasteiger partial charge in [0, 0.05) is 35.2 Å². The van der Waals surface area contributed by atoms with Crippen LogP contribution in [-0.2, 0) is 6.42 Å². The van der Waals surface area contributed by atoms with Gasteiger partial charge in [-0.25, -0.2) is 14.2 Å². The highest BCUT2D eigenvalue weighted by atomic mass is 32.1. The quantitative estimate of drug-likeness (QED) is 0.669. The minimum Gasteiger partial charge on any atom is -0.454 e. The van der Waals surface area contributed by atoms with Crippen LogP contribution in [0.2, 0.25) is 0 Å². The first-order valence-corrected chi connectivity index (χ1v) is 9.57. The molecule has 0 saturated heterocycles. The van der Waals surface area contributed by atoms with E-state index in [9.17, 15) is 9.18 Å². The third-order valence-electron chi connectivity index (χ3n) is 4.23. The van der Waals surface area contributed by atoms with E-state index in [1.165, 1.54) is 23.5 Å². The standard InChI is InChI=1S/C20H18FN3O3S/c1-12-18(28-19(23-12)13-3-2-4-14(21)9-13)7-8-22-20(25)24-15-5-6-16-17(10-15)27-11-26-16/h2-6,9-10H,7-8,11H2,1H3,(H2,22,24,25). The van der Waals surface area contributed by atoms with Crippen LogP contribution in [0.5, 0.6) is 11.5 Å². The van der Waals surface area contributed by atoms with Crippen molar-refractivity contribution in [2.75, 3.05) is 18.7 Å². The second-order valence-electron chi connectivity index (χ2n) is 6.24. The number of amides is 2. The largest absolute Gasteiger partial charge is 0.454 e. The third kappa shape index (κ3) is 4.07. The van der Waals surface area contributed by atoms with Crippen LogP contribution in [0, 0.1) is 12.7 Å². The summed E-state index contributed by atoms with van der Waals surface area (Å²) in [4.78, 5) is 17.7. The summed E-state index contributed by atoms with van der Waals surface area (Å²) in [6.07, 6.45) is 0.646. The predicted octanol–water partition coefficient (Wildman–Crippen LogP) is 4.35. The van der Waals surface area contributed by atoms with Crippen molar-refractivity contribution in [3.05, 3.63) is 58.9 Å². The maximum absolute atomic E-state index is 13.4. The Labute approximate surface area is 165 Å². The lowest BCUT2D eigenvalue weighted by Gasteiger charge is -2.08. The van der Waals surface area contributed by atoms with E-state index in [2.05, 4.69) is 15.6 Å². The highest BCUT2D eigenvalue weighted by Crippen LogP contribution is 2.34. The van der Waals surface area contributed by atoms with E-state index in [1.807, 2.05) is 13.0 Å². The molecule has 2 aromatic carbocycles. The fourth-order valence-corrected chi connectivity index (χ4v) is 3.90. The SMILES string of the molecule is Cc1nc(-c2cccc(F)c2)sc1CCNC(=O)Nc1ccc2c(c1)OCO2. The fraction of sp³-hybridized carbons (Fsp3) is 0.200. The number of carbonyl (C=O) groups is 1. The molecule has 3 aromatic rings. The van der Waals surface area contributed by atoms with Gasteiger partial charge in [-0.1, -0.05) is 12.1 Å². The summed E-state index contributed by atoms with van der Waals surface area (Å²) in [6.45, 7) is 2.57. The predicted molar refractivity (Wildman–Crippen MR) is 106 cm³/mol. The van der Waals surface area contributed by atoms with Crippen molar-refractivity contribution in [3.63, 3.8) is 0 Å². The highest BCUT2D eigenvalue weighted by molar-refractivity contribution is 7.15. The number of urea groups is 1. The summed E-state index contributed by atoms with van der Waals surface area (Å²) >= 11 is 1.51. The number of anilines is 1. The molecule has 1 aromatic heterocycles. The van der Waals surface area contributed by atoms with Crippen molar-refractivity contribution in [2.24, 2.45) is 0 Å². The Bertz CT molecular complexity index is 1020. The van der Waals surface area contributed by atoms with Crippen LogP contribution >= 0.6 is 11.3 Å². The van der Waals surface area contributed by atoms with Crippen LogP contribution in [0.15, 0.2) is 42.5 Å². The molecule has 1 aliphatic heterocycles. The zero-order chi connectivity index (χ0) is 19.5. The van der Waals surface area contributed by atoms with Crippen LogP contribution in [0.4, 0.5) is 14.9 Å². The summed E-state index contributed by atoms with van der Waals surface area (Å²) in [7, 11) is 0. The third-order valence-corrected chi connectivity index (χ3v) is 5.50. The summed E-state index contributed by atoms with van der Waals surface area (Å²) in [5.74, 6) is 0.998. The number of ether oxygens (including phenoxy) is 2. The fourth-order valence-electron chi connectivity index (χ4n) is 2.84. The maximum atomic E-state index is 13.4. The number of aromatic nitrogens is 1. The van der Waals surface area contributed by atoms with E-state index in [0.717, 1.165) is 21.1 Å². The summed E-state index contributed by atoms with van der Waals surface area (Å²) in [5, 5.41) is 6.37. The molecule has 0 bridgehead atoms. The molecule has 0 radical (unpaired) electrons. The van der Waals surface area contributed by atoms with Crippen molar-refractivity contribution in [1.29, 1.82) is 0 Å². The number of carbonyl (C=O) groups excluding carboxylic acids is 1. The second kappa shape index (κ2) is 7.85. The van der Waals surface area contributed by atoms with Gasteiger partial charge in [0.05, 0.1) is 5.69 Å². The zero-order valence-corrected chi connectivity index (χ0v) is 15.9. The molecule has 2 heterocycles. The number of rotatable bonds is 5.